The van der Waals surface area contributed by atoms with Crippen LogP contribution in [0.2, 0.25) is 0 Å². The van der Waals surface area contributed by atoms with Crippen molar-refractivity contribution in [3.8, 4) is 0 Å². The van der Waals surface area contributed by atoms with Gasteiger partial charge in [-0.1, -0.05) is 0 Å². The third-order valence-electron chi connectivity index (χ3n) is 2.05. The molecular weight excluding hydrogens is 166 g/mol. The Morgan fingerprint density at radius 3 is 2.85 bits per heavy atom. The highest BCUT2D eigenvalue weighted by molar-refractivity contribution is 5.74. The summed E-state index contributed by atoms with van der Waals surface area (Å²) in [6.45, 7) is 4.18. The van der Waals surface area contributed by atoms with Crippen molar-refractivity contribution in [2.24, 2.45) is 0 Å². The van der Waals surface area contributed by atoms with Crippen LogP contribution in [0.3, 0.4) is 0 Å². The number of aromatic nitrogens is 3. The van der Waals surface area contributed by atoms with E-state index in [2.05, 4.69) is 23.5 Å². The molecule has 0 unspecified atom stereocenters. The maximum Gasteiger partial charge on any atom is 0.170 e. The van der Waals surface area contributed by atoms with E-state index in [0.29, 0.717) is 11.7 Å². The molecule has 0 saturated carbocycles. The van der Waals surface area contributed by atoms with Crippen molar-refractivity contribution >= 4 is 11.9 Å². The predicted octanol–water partition coefficient (Wildman–Crippen LogP) is 1.53. The second-order valence-electron chi connectivity index (χ2n) is 3.29. The Hall–Kier alpha value is -1.58. The molecular formula is C9H11N3O. The summed E-state index contributed by atoms with van der Waals surface area (Å²) < 4.78 is 3.78. The number of aldehydes is 1. The Balaban J connectivity index is 2.65. The van der Waals surface area contributed by atoms with E-state index in [1.54, 1.807) is 10.6 Å². The van der Waals surface area contributed by atoms with E-state index >= 15 is 0 Å². The van der Waals surface area contributed by atoms with Crippen LogP contribution in [-0.2, 0) is 0 Å². The lowest BCUT2D eigenvalue weighted by Gasteiger charge is -2.05. The summed E-state index contributed by atoms with van der Waals surface area (Å²) in [5.74, 6) is 0. The van der Waals surface area contributed by atoms with Crippen LogP contribution in [0.25, 0.3) is 5.65 Å². The van der Waals surface area contributed by atoms with Crippen LogP contribution < -0.4 is 0 Å². The second-order valence-corrected chi connectivity index (χ2v) is 3.29. The molecule has 0 aromatic carbocycles. The maximum absolute atomic E-state index is 10.5. The zero-order valence-electron chi connectivity index (χ0n) is 7.64. The second kappa shape index (κ2) is 2.73. The molecule has 2 aromatic rings. The fourth-order valence-corrected chi connectivity index (χ4v) is 1.41. The SMILES string of the molecule is CC(C)n1ccn2nc(C=O)cc12. The van der Waals surface area contributed by atoms with Crippen LogP contribution in [-0.4, -0.2) is 20.5 Å². The highest BCUT2D eigenvalue weighted by atomic mass is 16.1. The summed E-state index contributed by atoms with van der Waals surface area (Å²) in [4.78, 5) is 10.5. The third kappa shape index (κ3) is 1.14. The first-order valence-corrected chi connectivity index (χ1v) is 4.24. The molecule has 0 aliphatic carbocycles. The van der Waals surface area contributed by atoms with Crippen molar-refractivity contribution in [2.75, 3.05) is 0 Å². The highest BCUT2D eigenvalue weighted by Crippen LogP contribution is 2.12. The molecule has 0 saturated heterocycles. The Bertz CT molecular complexity index is 439. The molecule has 0 radical (unpaired) electrons. The number of carbonyl (C=O) groups is 1. The molecule has 13 heavy (non-hydrogen) atoms. The quantitative estimate of drug-likeness (QED) is 0.652. The standard InChI is InChI=1S/C9H11N3O/c1-7(2)11-3-4-12-9(11)5-8(6-13)10-12/h3-7H,1-2H3. The van der Waals surface area contributed by atoms with Crippen molar-refractivity contribution in [3.05, 3.63) is 24.2 Å². The van der Waals surface area contributed by atoms with E-state index in [4.69, 9.17) is 0 Å². The first-order chi connectivity index (χ1) is 6.22. The zero-order valence-corrected chi connectivity index (χ0v) is 7.64. The largest absolute Gasteiger partial charge is 0.329 e. The van der Waals surface area contributed by atoms with E-state index < -0.39 is 0 Å². The number of rotatable bonds is 2. The van der Waals surface area contributed by atoms with Crippen LogP contribution >= 0.6 is 0 Å². The number of nitrogens with zero attached hydrogens (tertiary/aromatic N) is 3. The number of hydrogen-bond acceptors (Lipinski definition) is 2. The topological polar surface area (TPSA) is 39.3 Å². The minimum absolute atomic E-state index is 0.383. The summed E-state index contributed by atoms with van der Waals surface area (Å²) >= 11 is 0. The lowest BCUT2D eigenvalue weighted by molar-refractivity contribution is 0.111. The molecule has 2 rings (SSSR count). The molecule has 0 fully saturated rings. The fourth-order valence-electron chi connectivity index (χ4n) is 1.41. The lowest BCUT2D eigenvalue weighted by atomic mass is 10.4. The average Bonchev–Trinajstić information content (AvgIpc) is 2.59. The molecule has 2 aromatic heterocycles. The molecule has 0 bridgehead atoms. The van der Waals surface area contributed by atoms with Crippen LogP contribution in [0.1, 0.15) is 30.4 Å². The van der Waals surface area contributed by atoms with Gasteiger partial charge < -0.3 is 4.57 Å². The van der Waals surface area contributed by atoms with Crippen molar-refractivity contribution < 1.29 is 4.79 Å². The number of hydrogen-bond donors (Lipinski definition) is 0. The summed E-state index contributed by atoms with van der Waals surface area (Å²) in [6, 6.07) is 2.17. The van der Waals surface area contributed by atoms with Gasteiger partial charge in [-0.2, -0.15) is 5.10 Å². The van der Waals surface area contributed by atoms with Crippen LogP contribution in [0, 0.1) is 0 Å². The van der Waals surface area contributed by atoms with Gasteiger partial charge in [0.2, 0.25) is 0 Å². The average molecular weight is 177 g/mol. The molecule has 4 heteroatoms. The fraction of sp³-hybridized carbons (Fsp3) is 0.333. The molecule has 0 N–H and O–H groups in total. The minimum Gasteiger partial charge on any atom is -0.329 e. The monoisotopic (exact) mass is 177 g/mol. The Morgan fingerprint density at radius 2 is 2.23 bits per heavy atom. The molecule has 0 aliphatic heterocycles. The molecule has 0 spiro atoms. The van der Waals surface area contributed by atoms with E-state index in [1.165, 1.54) is 0 Å². The van der Waals surface area contributed by atoms with Crippen molar-refractivity contribution in [1.29, 1.82) is 0 Å². The number of imidazole rings is 1. The maximum atomic E-state index is 10.5. The molecule has 2 heterocycles. The normalized spacial score (nSPS) is 11.3. The smallest absolute Gasteiger partial charge is 0.170 e. The molecule has 0 atom stereocenters. The number of carbonyl (C=O) groups excluding carboxylic acids is 1. The van der Waals surface area contributed by atoms with Gasteiger partial charge in [0.25, 0.3) is 0 Å². The molecule has 4 nitrogen and oxygen atoms in total. The third-order valence-corrected chi connectivity index (χ3v) is 2.05. The Kier molecular flexibility index (Phi) is 1.69. The molecule has 0 amide bonds. The zero-order chi connectivity index (χ0) is 9.42. The van der Waals surface area contributed by atoms with Crippen LogP contribution in [0.4, 0.5) is 0 Å². The summed E-state index contributed by atoms with van der Waals surface area (Å²) in [5.41, 5.74) is 1.43. The van der Waals surface area contributed by atoms with E-state index in [9.17, 15) is 4.79 Å². The van der Waals surface area contributed by atoms with Gasteiger partial charge in [-0.05, 0) is 13.8 Å². The van der Waals surface area contributed by atoms with Gasteiger partial charge in [-0.25, -0.2) is 4.52 Å². The van der Waals surface area contributed by atoms with E-state index in [0.717, 1.165) is 11.9 Å². The van der Waals surface area contributed by atoms with Gasteiger partial charge >= 0.3 is 0 Å². The van der Waals surface area contributed by atoms with Crippen molar-refractivity contribution in [3.63, 3.8) is 0 Å². The summed E-state index contributed by atoms with van der Waals surface area (Å²) in [7, 11) is 0. The summed E-state index contributed by atoms with van der Waals surface area (Å²) in [5, 5.41) is 4.06. The first-order valence-electron chi connectivity index (χ1n) is 4.24. The Morgan fingerprint density at radius 1 is 1.46 bits per heavy atom. The van der Waals surface area contributed by atoms with E-state index in [-0.39, 0.29) is 0 Å². The van der Waals surface area contributed by atoms with Crippen molar-refractivity contribution in [1.82, 2.24) is 14.2 Å². The van der Waals surface area contributed by atoms with Gasteiger partial charge in [0, 0.05) is 24.5 Å². The van der Waals surface area contributed by atoms with Gasteiger partial charge in [-0.3, -0.25) is 4.79 Å². The lowest BCUT2D eigenvalue weighted by Crippen LogP contribution is -1.97. The van der Waals surface area contributed by atoms with Crippen molar-refractivity contribution in [2.45, 2.75) is 19.9 Å². The van der Waals surface area contributed by atoms with Crippen LogP contribution in [0.5, 0.6) is 0 Å². The van der Waals surface area contributed by atoms with Crippen LogP contribution in [0.15, 0.2) is 18.5 Å². The summed E-state index contributed by atoms with van der Waals surface area (Å²) in [6.07, 6.45) is 4.57. The van der Waals surface area contributed by atoms with Gasteiger partial charge in [0.15, 0.2) is 6.29 Å². The highest BCUT2D eigenvalue weighted by Gasteiger charge is 2.06. The minimum atomic E-state index is 0.383. The molecule has 0 aliphatic rings. The number of fused-ring (bicyclic) bond motifs is 1. The van der Waals surface area contributed by atoms with Gasteiger partial charge in [0.05, 0.1) is 0 Å². The predicted molar refractivity (Wildman–Crippen MR) is 49.0 cm³/mol. The van der Waals surface area contributed by atoms with Gasteiger partial charge in [-0.15, -0.1) is 0 Å². The van der Waals surface area contributed by atoms with E-state index in [1.807, 2.05) is 12.4 Å². The molecule has 68 valence electrons. The Labute approximate surface area is 75.8 Å². The van der Waals surface area contributed by atoms with Gasteiger partial charge in [0.1, 0.15) is 11.3 Å². The first kappa shape index (κ1) is 8.04.